The molecule has 1 aromatic heterocycles. The standard InChI is InChI=1S/C5H4N2O3S2/c8-7(9)4-2-1-3-6-5(4)12(10)11/h1-3,12H. The first-order valence-electron chi connectivity index (χ1n) is 2.86. The third-order valence-corrected chi connectivity index (χ3v) is 2.34. The van der Waals surface area contributed by atoms with Crippen LogP contribution in [0.5, 0.6) is 0 Å². The van der Waals surface area contributed by atoms with Crippen LogP contribution in [-0.4, -0.2) is 14.1 Å². The van der Waals surface area contributed by atoms with E-state index >= 15 is 0 Å². The van der Waals surface area contributed by atoms with Crippen LogP contribution < -0.4 is 0 Å². The molecule has 0 spiro atoms. The molecule has 1 atom stereocenters. The van der Waals surface area contributed by atoms with Gasteiger partial charge in [0.2, 0.25) is 5.03 Å². The molecule has 0 amide bonds. The van der Waals surface area contributed by atoms with Crippen LogP contribution in [0.25, 0.3) is 0 Å². The van der Waals surface area contributed by atoms with E-state index in [1.165, 1.54) is 18.3 Å². The first-order chi connectivity index (χ1) is 5.63. The van der Waals surface area contributed by atoms with E-state index < -0.39 is 14.3 Å². The SMILES string of the molecule is O=[N+]([O-])c1cccnc1[SH](=O)=S. The van der Waals surface area contributed by atoms with Gasteiger partial charge in [-0.1, -0.05) is 0 Å². The maximum absolute atomic E-state index is 10.8. The van der Waals surface area contributed by atoms with Gasteiger partial charge in [0, 0.05) is 12.3 Å². The number of aromatic nitrogens is 1. The second-order valence-electron chi connectivity index (χ2n) is 1.86. The second-order valence-corrected chi connectivity index (χ2v) is 3.79. The van der Waals surface area contributed by atoms with E-state index in [0.29, 0.717) is 0 Å². The molecule has 0 aromatic carbocycles. The molecular weight excluding hydrogens is 200 g/mol. The molecule has 0 saturated heterocycles. The quantitative estimate of drug-likeness (QED) is 0.426. The Kier molecular flexibility index (Phi) is 2.66. The minimum Gasteiger partial charge on any atom is -0.258 e. The monoisotopic (exact) mass is 204 g/mol. The molecule has 64 valence electrons. The van der Waals surface area contributed by atoms with Crippen molar-refractivity contribution < 1.29 is 9.13 Å². The minimum absolute atomic E-state index is 0.132. The van der Waals surface area contributed by atoms with E-state index in [1.54, 1.807) is 0 Å². The summed E-state index contributed by atoms with van der Waals surface area (Å²) in [7, 11) is -2.17. The molecule has 0 bridgehead atoms. The molecule has 12 heavy (non-hydrogen) atoms. The fraction of sp³-hybridized carbons (Fsp3) is 0. The molecule has 0 radical (unpaired) electrons. The van der Waals surface area contributed by atoms with Crippen LogP contribution in [0, 0.1) is 10.1 Å². The highest BCUT2D eigenvalue weighted by Crippen LogP contribution is 2.15. The van der Waals surface area contributed by atoms with Crippen LogP contribution in [0.15, 0.2) is 23.4 Å². The highest BCUT2D eigenvalue weighted by molar-refractivity contribution is 8.21. The number of nitrogens with zero attached hydrogens (tertiary/aromatic N) is 2. The summed E-state index contributed by atoms with van der Waals surface area (Å²) in [4.78, 5) is 13.2. The molecule has 1 rings (SSSR count). The van der Waals surface area contributed by atoms with Crippen molar-refractivity contribution in [1.29, 1.82) is 0 Å². The summed E-state index contributed by atoms with van der Waals surface area (Å²) in [5, 5.41) is 10.2. The predicted octanol–water partition coefficient (Wildman–Crippen LogP) is 0.292. The van der Waals surface area contributed by atoms with E-state index in [4.69, 9.17) is 0 Å². The molecule has 0 aliphatic rings. The summed E-state index contributed by atoms with van der Waals surface area (Å²) >= 11 is 4.39. The molecule has 7 heteroatoms. The Morgan fingerprint density at radius 2 is 2.33 bits per heavy atom. The number of hydrogen-bond donors (Lipinski definition) is 1. The lowest BCUT2D eigenvalue weighted by molar-refractivity contribution is -0.388. The molecule has 1 unspecified atom stereocenters. The Bertz CT molecular complexity index is 380. The van der Waals surface area contributed by atoms with E-state index in [9.17, 15) is 14.3 Å². The number of pyridine rings is 1. The zero-order valence-electron chi connectivity index (χ0n) is 5.71. The highest BCUT2D eigenvalue weighted by Gasteiger charge is 2.13. The summed E-state index contributed by atoms with van der Waals surface area (Å²) in [5.74, 6) is 0. The van der Waals surface area contributed by atoms with Crippen LogP contribution in [0.4, 0.5) is 5.69 Å². The van der Waals surface area contributed by atoms with Gasteiger partial charge in [-0.05, 0) is 17.3 Å². The average Bonchev–Trinajstić information content (AvgIpc) is 2.04. The Morgan fingerprint density at radius 1 is 1.67 bits per heavy atom. The smallest absolute Gasteiger partial charge is 0.258 e. The lowest BCUT2D eigenvalue weighted by atomic mass is 10.4. The lowest BCUT2D eigenvalue weighted by Crippen LogP contribution is -1.95. The Morgan fingerprint density at radius 3 is 2.75 bits per heavy atom. The number of rotatable bonds is 2. The predicted molar refractivity (Wildman–Crippen MR) is 46.1 cm³/mol. The third kappa shape index (κ3) is 1.74. The zero-order valence-corrected chi connectivity index (χ0v) is 7.42. The van der Waals surface area contributed by atoms with E-state index in [2.05, 4.69) is 16.2 Å². The maximum Gasteiger partial charge on any atom is 0.303 e. The van der Waals surface area contributed by atoms with Crippen LogP contribution in [0.1, 0.15) is 0 Å². The Hall–Kier alpha value is -1.08. The molecule has 0 fully saturated rings. The van der Waals surface area contributed by atoms with E-state index in [1.807, 2.05) is 0 Å². The fourth-order valence-corrected chi connectivity index (χ4v) is 1.60. The van der Waals surface area contributed by atoms with Gasteiger partial charge in [-0.25, -0.2) is 4.98 Å². The lowest BCUT2D eigenvalue weighted by Gasteiger charge is -1.92. The maximum atomic E-state index is 10.8. The van der Waals surface area contributed by atoms with Gasteiger partial charge in [-0.3, -0.25) is 14.3 Å². The van der Waals surface area contributed by atoms with Gasteiger partial charge in [0.1, 0.15) is 0 Å². The zero-order chi connectivity index (χ0) is 9.14. The summed E-state index contributed by atoms with van der Waals surface area (Å²) in [5.41, 5.74) is -0.284. The largest absolute Gasteiger partial charge is 0.303 e. The molecule has 0 aliphatic heterocycles. The number of thiol groups is 1. The first-order valence-corrected chi connectivity index (χ1v) is 5.14. The van der Waals surface area contributed by atoms with Crippen molar-refractivity contribution in [3.8, 4) is 0 Å². The Balaban J connectivity index is 3.36. The van der Waals surface area contributed by atoms with Gasteiger partial charge < -0.3 is 0 Å². The molecule has 0 saturated carbocycles. The van der Waals surface area contributed by atoms with E-state index in [-0.39, 0.29) is 10.7 Å². The normalized spacial score (nSPS) is 12.3. The Labute approximate surface area is 74.3 Å². The van der Waals surface area contributed by atoms with Crippen molar-refractivity contribution in [2.45, 2.75) is 5.03 Å². The molecular formula is C5H4N2O3S2. The highest BCUT2D eigenvalue weighted by atomic mass is 32.8. The first kappa shape index (κ1) is 9.01. The van der Waals surface area contributed by atoms with Crippen LogP contribution in [-0.2, 0) is 20.5 Å². The van der Waals surface area contributed by atoms with Crippen LogP contribution in [0.3, 0.4) is 0 Å². The number of nitro groups is 1. The van der Waals surface area contributed by atoms with Crippen molar-refractivity contribution in [1.82, 2.24) is 4.98 Å². The molecule has 1 aromatic rings. The van der Waals surface area contributed by atoms with Gasteiger partial charge in [0.05, 0.1) is 14.3 Å². The second kappa shape index (κ2) is 3.55. The van der Waals surface area contributed by atoms with Crippen molar-refractivity contribution in [2.24, 2.45) is 0 Å². The van der Waals surface area contributed by atoms with Crippen molar-refractivity contribution in [3.63, 3.8) is 0 Å². The molecule has 0 aliphatic carbocycles. The van der Waals surface area contributed by atoms with Crippen molar-refractivity contribution in [3.05, 3.63) is 28.4 Å². The van der Waals surface area contributed by atoms with E-state index in [0.717, 1.165) is 0 Å². The van der Waals surface area contributed by atoms with Gasteiger partial charge >= 0.3 is 5.69 Å². The van der Waals surface area contributed by atoms with Crippen LogP contribution in [0.2, 0.25) is 0 Å². The third-order valence-electron chi connectivity index (χ3n) is 1.14. The van der Waals surface area contributed by atoms with Gasteiger partial charge in [-0.2, -0.15) is 0 Å². The summed E-state index contributed by atoms with van der Waals surface area (Å²) in [6.45, 7) is 0. The molecule has 0 N–H and O–H groups in total. The van der Waals surface area contributed by atoms with Crippen LogP contribution >= 0.6 is 0 Å². The summed E-state index contributed by atoms with van der Waals surface area (Å²) in [6, 6.07) is 2.62. The van der Waals surface area contributed by atoms with Gasteiger partial charge in [0.15, 0.2) is 0 Å². The molecule has 5 nitrogen and oxygen atoms in total. The number of hydrogen-bond acceptors (Lipinski definition) is 5. The summed E-state index contributed by atoms with van der Waals surface area (Å²) < 4.78 is 10.8. The van der Waals surface area contributed by atoms with Crippen molar-refractivity contribution >= 4 is 26.2 Å². The fourth-order valence-electron chi connectivity index (χ4n) is 0.672. The topological polar surface area (TPSA) is 73.1 Å². The minimum atomic E-state index is -2.17. The van der Waals surface area contributed by atoms with Crippen molar-refractivity contribution in [2.75, 3.05) is 0 Å². The average molecular weight is 204 g/mol. The van der Waals surface area contributed by atoms with Gasteiger partial charge in [-0.15, -0.1) is 0 Å². The van der Waals surface area contributed by atoms with Gasteiger partial charge in [0.25, 0.3) is 0 Å². The molecule has 1 heterocycles. The summed E-state index contributed by atoms with van der Waals surface area (Å²) in [6.07, 6.45) is 1.32.